The number of aryl methyl sites for hydroxylation is 1. The summed E-state index contributed by atoms with van der Waals surface area (Å²) in [7, 11) is 0. The molecule has 2 heterocycles. The maximum Gasteiger partial charge on any atom is 0.208 e. The van der Waals surface area contributed by atoms with Gasteiger partial charge in [0.05, 0.1) is 12.7 Å². The highest BCUT2D eigenvalue weighted by Crippen LogP contribution is 2.06. The Morgan fingerprint density at radius 1 is 1.60 bits per heavy atom. The summed E-state index contributed by atoms with van der Waals surface area (Å²) in [6.45, 7) is 4.80. The zero-order valence-corrected chi connectivity index (χ0v) is 9.25. The predicted octanol–water partition coefficient (Wildman–Crippen LogP) is 1.21. The number of hydrogen-bond donors (Lipinski definition) is 2. The zero-order chi connectivity index (χ0) is 10.5. The molecule has 0 spiro atoms. The summed E-state index contributed by atoms with van der Waals surface area (Å²) in [5, 5.41) is 6.86. The van der Waals surface area contributed by atoms with E-state index in [0.29, 0.717) is 6.04 Å². The van der Waals surface area contributed by atoms with Gasteiger partial charge in [-0.1, -0.05) is 6.42 Å². The number of nitrogens with zero attached hydrogens (tertiary/aromatic N) is 1. The Balaban J connectivity index is 1.65. The Bertz CT molecular complexity index is 292. The first-order valence-electron chi connectivity index (χ1n) is 5.70. The molecule has 2 N–H and O–H groups in total. The summed E-state index contributed by atoms with van der Waals surface area (Å²) in [6, 6.07) is 0.620. The number of nitrogens with one attached hydrogen (secondary N) is 2. The van der Waals surface area contributed by atoms with E-state index in [4.69, 9.17) is 4.42 Å². The van der Waals surface area contributed by atoms with Gasteiger partial charge >= 0.3 is 0 Å². The van der Waals surface area contributed by atoms with Crippen LogP contribution in [-0.2, 0) is 6.54 Å². The molecule has 0 aromatic carbocycles. The van der Waals surface area contributed by atoms with Crippen molar-refractivity contribution in [3.63, 3.8) is 0 Å². The lowest BCUT2D eigenvalue weighted by Gasteiger charge is -2.23. The fraction of sp³-hybridized carbons (Fsp3) is 0.727. The van der Waals surface area contributed by atoms with Crippen LogP contribution in [0.25, 0.3) is 0 Å². The summed E-state index contributed by atoms with van der Waals surface area (Å²) < 4.78 is 5.38. The second-order valence-electron chi connectivity index (χ2n) is 4.14. The molecule has 1 aromatic rings. The van der Waals surface area contributed by atoms with Crippen molar-refractivity contribution in [3.05, 3.63) is 17.8 Å². The Labute approximate surface area is 90.5 Å². The molecule has 4 nitrogen and oxygen atoms in total. The number of hydrogen-bond acceptors (Lipinski definition) is 4. The molecular weight excluding hydrogens is 190 g/mol. The SMILES string of the molecule is Cc1cnc(CNCC2CCCCN2)o1. The zero-order valence-electron chi connectivity index (χ0n) is 9.25. The molecule has 1 unspecified atom stereocenters. The molecule has 0 amide bonds. The van der Waals surface area contributed by atoms with E-state index in [-0.39, 0.29) is 0 Å². The number of aromatic nitrogens is 1. The van der Waals surface area contributed by atoms with Gasteiger partial charge < -0.3 is 15.1 Å². The van der Waals surface area contributed by atoms with Gasteiger partial charge in [-0.25, -0.2) is 4.98 Å². The molecule has 0 radical (unpaired) electrons. The van der Waals surface area contributed by atoms with Gasteiger partial charge in [-0.2, -0.15) is 0 Å². The van der Waals surface area contributed by atoms with Crippen LogP contribution < -0.4 is 10.6 Å². The highest BCUT2D eigenvalue weighted by Gasteiger charge is 2.11. The molecule has 1 saturated heterocycles. The van der Waals surface area contributed by atoms with Gasteiger partial charge in [0.25, 0.3) is 0 Å². The summed E-state index contributed by atoms with van der Waals surface area (Å²) in [5.74, 6) is 1.66. The van der Waals surface area contributed by atoms with Crippen molar-refractivity contribution in [1.82, 2.24) is 15.6 Å². The smallest absolute Gasteiger partial charge is 0.208 e. The average Bonchev–Trinajstić information content (AvgIpc) is 2.66. The Morgan fingerprint density at radius 3 is 3.20 bits per heavy atom. The van der Waals surface area contributed by atoms with Gasteiger partial charge in [0.15, 0.2) is 0 Å². The summed E-state index contributed by atoms with van der Waals surface area (Å²) in [6.07, 6.45) is 5.69. The van der Waals surface area contributed by atoms with Crippen LogP contribution >= 0.6 is 0 Å². The van der Waals surface area contributed by atoms with E-state index in [2.05, 4.69) is 15.6 Å². The van der Waals surface area contributed by atoms with Crippen LogP contribution in [0.15, 0.2) is 10.6 Å². The van der Waals surface area contributed by atoms with E-state index in [0.717, 1.165) is 31.3 Å². The molecular formula is C11H19N3O. The minimum absolute atomic E-state index is 0.620. The van der Waals surface area contributed by atoms with E-state index in [1.165, 1.54) is 19.3 Å². The minimum Gasteiger partial charge on any atom is -0.445 e. The van der Waals surface area contributed by atoms with Crippen LogP contribution in [0.2, 0.25) is 0 Å². The lowest BCUT2D eigenvalue weighted by molar-refractivity contribution is 0.371. The number of piperidine rings is 1. The van der Waals surface area contributed by atoms with Gasteiger partial charge in [0.2, 0.25) is 5.89 Å². The normalized spacial score (nSPS) is 21.8. The van der Waals surface area contributed by atoms with Gasteiger partial charge in [0.1, 0.15) is 5.76 Å². The van der Waals surface area contributed by atoms with Gasteiger partial charge in [-0.15, -0.1) is 0 Å². The van der Waals surface area contributed by atoms with E-state index in [1.807, 2.05) is 6.92 Å². The van der Waals surface area contributed by atoms with E-state index < -0.39 is 0 Å². The summed E-state index contributed by atoms with van der Waals surface area (Å²) in [5.41, 5.74) is 0. The molecule has 2 rings (SSSR count). The molecule has 0 aliphatic carbocycles. The second kappa shape index (κ2) is 5.28. The standard InChI is InChI=1S/C11H19N3O/c1-9-6-14-11(15-9)8-12-7-10-4-2-3-5-13-10/h6,10,12-13H,2-5,7-8H2,1H3. The van der Waals surface area contributed by atoms with Crippen molar-refractivity contribution in [2.45, 2.75) is 38.8 Å². The lowest BCUT2D eigenvalue weighted by Crippen LogP contribution is -2.41. The second-order valence-corrected chi connectivity index (χ2v) is 4.14. The third kappa shape index (κ3) is 3.32. The molecule has 1 aliphatic rings. The maximum absolute atomic E-state index is 5.38. The molecule has 15 heavy (non-hydrogen) atoms. The Morgan fingerprint density at radius 2 is 2.53 bits per heavy atom. The van der Waals surface area contributed by atoms with Crippen molar-refractivity contribution < 1.29 is 4.42 Å². The third-order valence-corrected chi connectivity index (χ3v) is 2.75. The van der Waals surface area contributed by atoms with Crippen LogP contribution in [0.3, 0.4) is 0 Å². The van der Waals surface area contributed by atoms with Crippen molar-refractivity contribution in [2.75, 3.05) is 13.1 Å². The van der Waals surface area contributed by atoms with E-state index in [1.54, 1.807) is 6.20 Å². The number of rotatable bonds is 4. The molecule has 1 aliphatic heterocycles. The largest absolute Gasteiger partial charge is 0.445 e. The predicted molar refractivity (Wildman–Crippen MR) is 58.6 cm³/mol. The molecule has 1 fully saturated rings. The summed E-state index contributed by atoms with van der Waals surface area (Å²) in [4.78, 5) is 4.15. The van der Waals surface area contributed by atoms with Crippen molar-refractivity contribution in [3.8, 4) is 0 Å². The summed E-state index contributed by atoms with van der Waals surface area (Å²) >= 11 is 0. The fourth-order valence-electron chi connectivity index (χ4n) is 1.93. The lowest BCUT2D eigenvalue weighted by atomic mass is 10.1. The van der Waals surface area contributed by atoms with Gasteiger partial charge in [0, 0.05) is 12.6 Å². The molecule has 1 atom stereocenters. The molecule has 1 aromatic heterocycles. The van der Waals surface area contributed by atoms with Crippen molar-refractivity contribution in [2.24, 2.45) is 0 Å². The Hall–Kier alpha value is -0.870. The first-order chi connectivity index (χ1) is 7.34. The van der Waals surface area contributed by atoms with Gasteiger partial charge in [-0.05, 0) is 26.3 Å². The third-order valence-electron chi connectivity index (χ3n) is 2.75. The monoisotopic (exact) mass is 209 g/mol. The molecule has 4 heteroatoms. The topological polar surface area (TPSA) is 50.1 Å². The quantitative estimate of drug-likeness (QED) is 0.782. The molecule has 0 bridgehead atoms. The minimum atomic E-state index is 0.620. The highest BCUT2D eigenvalue weighted by molar-refractivity contribution is 4.90. The number of oxazole rings is 1. The Kier molecular flexibility index (Phi) is 3.75. The fourth-order valence-corrected chi connectivity index (χ4v) is 1.93. The maximum atomic E-state index is 5.38. The van der Waals surface area contributed by atoms with Crippen LogP contribution in [0, 0.1) is 6.92 Å². The molecule has 84 valence electrons. The van der Waals surface area contributed by atoms with Crippen LogP contribution in [0.1, 0.15) is 30.9 Å². The van der Waals surface area contributed by atoms with Gasteiger partial charge in [-0.3, -0.25) is 0 Å². The molecule has 0 saturated carbocycles. The first kappa shape index (κ1) is 10.6. The van der Waals surface area contributed by atoms with Crippen LogP contribution in [0.5, 0.6) is 0 Å². The average molecular weight is 209 g/mol. The first-order valence-corrected chi connectivity index (χ1v) is 5.70. The van der Waals surface area contributed by atoms with Crippen molar-refractivity contribution >= 4 is 0 Å². The highest BCUT2D eigenvalue weighted by atomic mass is 16.4. The van der Waals surface area contributed by atoms with E-state index in [9.17, 15) is 0 Å². The van der Waals surface area contributed by atoms with Crippen LogP contribution in [-0.4, -0.2) is 24.1 Å². The van der Waals surface area contributed by atoms with Crippen LogP contribution in [0.4, 0.5) is 0 Å². The van der Waals surface area contributed by atoms with E-state index >= 15 is 0 Å². The van der Waals surface area contributed by atoms with Crippen molar-refractivity contribution in [1.29, 1.82) is 0 Å².